The Kier molecular flexibility index (Phi) is 4.32. The monoisotopic (exact) mass is 450 g/mol. The SMILES string of the molecule is CC(C(=O)N1C2CC3(C)CC1CC(O)(C2)C3)c1c[nH]c2ccc(OS(C)(=O)=O)c(F)c12. The molecule has 6 rings (SSSR count). The topological polar surface area (TPSA) is 99.7 Å². The third-order valence-electron chi connectivity index (χ3n) is 7.34. The third-order valence-corrected chi connectivity index (χ3v) is 7.82. The van der Waals surface area contributed by atoms with E-state index >= 15 is 4.39 Å². The quantitative estimate of drug-likeness (QED) is 0.698. The summed E-state index contributed by atoms with van der Waals surface area (Å²) in [4.78, 5) is 18.5. The molecule has 168 valence electrons. The van der Waals surface area contributed by atoms with Gasteiger partial charge in [-0.3, -0.25) is 4.79 Å². The molecule has 1 aromatic heterocycles. The lowest BCUT2D eigenvalue weighted by atomic mass is 9.54. The van der Waals surface area contributed by atoms with Crippen LogP contribution in [-0.2, 0) is 14.9 Å². The van der Waals surface area contributed by atoms with Gasteiger partial charge in [0.15, 0.2) is 11.6 Å². The summed E-state index contributed by atoms with van der Waals surface area (Å²) in [6.07, 6.45) is 6.18. The largest absolute Gasteiger partial charge is 0.390 e. The standard InChI is InChI=1S/C22H27FN2O5S/c1-12(15-10-24-16-4-5-17(19(23)18(15)16)30-31(3,28)29)20(26)25-13-6-21(2)7-14(25)9-22(27,8-13)11-21/h4-5,10,12-14,24,27H,6-9,11H2,1-3H3. The molecule has 3 heterocycles. The number of hydrogen-bond acceptors (Lipinski definition) is 5. The molecular formula is C22H27FN2O5S. The smallest absolute Gasteiger partial charge is 0.306 e. The van der Waals surface area contributed by atoms with Crippen LogP contribution in [0.5, 0.6) is 5.75 Å². The van der Waals surface area contributed by atoms with Crippen molar-refractivity contribution in [3.63, 3.8) is 0 Å². The minimum atomic E-state index is -3.89. The van der Waals surface area contributed by atoms with E-state index in [-0.39, 0.29) is 34.5 Å². The molecule has 1 aromatic carbocycles. The highest BCUT2D eigenvalue weighted by Gasteiger charge is 2.59. The number of amides is 1. The van der Waals surface area contributed by atoms with E-state index in [0.29, 0.717) is 23.9 Å². The first kappa shape index (κ1) is 20.8. The summed E-state index contributed by atoms with van der Waals surface area (Å²) in [5.74, 6) is -1.91. The zero-order chi connectivity index (χ0) is 22.3. The fraction of sp³-hybridized carbons (Fsp3) is 0.591. The van der Waals surface area contributed by atoms with Crippen LogP contribution in [-0.4, -0.2) is 53.3 Å². The van der Waals surface area contributed by atoms with Crippen molar-refractivity contribution in [2.75, 3.05) is 6.26 Å². The summed E-state index contributed by atoms with van der Waals surface area (Å²) in [5.41, 5.74) is 0.307. The molecule has 0 radical (unpaired) electrons. The zero-order valence-corrected chi connectivity index (χ0v) is 18.6. The van der Waals surface area contributed by atoms with Gasteiger partial charge >= 0.3 is 10.1 Å². The molecule has 2 aliphatic carbocycles. The van der Waals surface area contributed by atoms with Gasteiger partial charge in [-0.25, -0.2) is 4.39 Å². The number of piperidine rings is 2. The maximum Gasteiger partial charge on any atom is 0.306 e. The summed E-state index contributed by atoms with van der Waals surface area (Å²) in [5, 5.41) is 11.1. The van der Waals surface area contributed by atoms with Crippen LogP contribution in [0.4, 0.5) is 4.39 Å². The van der Waals surface area contributed by atoms with Crippen LogP contribution >= 0.6 is 0 Å². The highest BCUT2D eigenvalue weighted by Crippen LogP contribution is 2.58. The number of fused-ring (bicyclic) bond motifs is 1. The summed E-state index contributed by atoms with van der Waals surface area (Å²) >= 11 is 0. The molecule has 1 amide bonds. The van der Waals surface area contributed by atoms with Gasteiger partial charge in [-0.15, -0.1) is 0 Å². The predicted molar refractivity (Wildman–Crippen MR) is 113 cm³/mol. The van der Waals surface area contributed by atoms with Gasteiger partial charge in [0.25, 0.3) is 0 Å². The zero-order valence-electron chi connectivity index (χ0n) is 17.8. The van der Waals surface area contributed by atoms with Crippen LogP contribution in [0.2, 0.25) is 0 Å². The Labute approximate surface area is 180 Å². The Hall–Kier alpha value is -2.13. The molecule has 0 spiro atoms. The number of carbonyl (C=O) groups is 1. The van der Waals surface area contributed by atoms with Crippen LogP contribution in [0.1, 0.15) is 57.4 Å². The van der Waals surface area contributed by atoms with E-state index < -0.39 is 27.5 Å². The Morgan fingerprint density at radius 1 is 1.29 bits per heavy atom. The van der Waals surface area contributed by atoms with Crippen molar-refractivity contribution in [1.82, 2.24) is 9.88 Å². The number of nitrogens with zero attached hydrogens (tertiary/aromatic N) is 1. The van der Waals surface area contributed by atoms with E-state index in [4.69, 9.17) is 4.18 Å². The molecule has 2 saturated heterocycles. The number of aromatic nitrogens is 1. The van der Waals surface area contributed by atoms with E-state index in [1.54, 1.807) is 19.2 Å². The van der Waals surface area contributed by atoms with E-state index in [2.05, 4.69) is 11.9 Å². The molecule has 2 saturated carbocycles. The van der Waals surface area contributed by atoms with Crippen molar-refractivity contribution < 1.29 is 26.9 Å². The number of halogens is 1. The Bertz CT molecular complexity index is 1150. The minimum Gasteiger partial charge on any atom is -0.390 e. The van der Waals surface area contributed by atoms with Gasteiger partial charge in [0.05, 0.1) is 17.8 Å². The number of hydrogen-bond donors (Lipinski definition) is 2. The molecule has 7 nitrogen and oxygen atoms in total. The number of aliphatic hydroxyl groups is 1. The Morgan fingerprint density at radius 2 is 1.94 bits per heavy atom. The van der Waals surface area contributed by atoms with Crippen molar-refractivity contribution in [2.45, 2.75) is 69.6 Å². The lowest BCUT2D eigenvalue weighted by Gasteiger charge is -2.64. The maximum absolute atomic E-state index is 15.2. The minimum absolute atomic E-state index is 0.00891. The first-order valence-corrected chi connectivity index (χ1v) is 12.4. The van der Waals surface area contributed by atoms with Gasteiger partial charge < -0.3 is 19.2 Å². The van der Waals surface area contributed by atoms with Crippen LogP contribution < -0.4 is 4.18 Å². The van der Waals surface area contributed by atoms with Gasteiger partial charge in [-0.2, -0.15) is 8.42 Å². The highest BCUT2D eigenvalue weighted by molar-refractivity contribution is 7.86. The second-order valence-electron chi connectivity index (χ2n) is 10.1. The second-order valence-corrected chi connectivity index (χ2v) is 11.7. The number of benzene rings is 1. The van der Waals surface area contributed by atoms with E-state index in [1.165, 1.54) is 6.07 Å². The van der Waals surface area contributed by atoms with Crippen LogP contribution in [0.3, 0.4) is 0 Å². The Morgan fingerprint density at radius 3 is 2.52 bits per heavy atom. The van der Waals surface area contributed by atoms with Crippen molar-refractivity contribution in [2.24, 2.45) is 5.41 Å². The molecule has 4 fully saturated rings. The fourth-order valence-electron chi connectivity index (χ4n) is 6.57. The normalized spacial score (nSPS) is 33.1. The third kappa shape index (κ3) is 3.33. The summed E-state index contributed by atoms with van der Waals surface area (Å²) in [7, 11) is -3.89. The van der Waals surface area contributed by atoms with Gasteiger partial charge in [-0.05, 0) is 62.1 Å². The van der Waals surface area contributed by atoms with Crippen molar-refractivity contribution >= 4 is 26.9 Å². The second kappa shape index (κ2) is 6.45. The molecule has 9 heteroatoms. The highest BCUT2D eigenvalue weighted by atomic mass is 32.2. The van der Waals surface area contributed by atoms with Crippen LogP contribution in [0.15, 0.2) is 18.3 Å². The van der Waals surface area contributed by atoms with Crippen LogP contribution in [0, 0.1) is 11.2 Å². The number of rotatable bonds is 4. The molecule has 3 unspecified atom stereocenters. The number of carbonyl (C=O) groups excluding carboxylic acids is 1. The first-order chi connectivity index (χ1) is 14.4. The van der Waals surface area contributed by atoms with Gasteiger partial charge in [0.2, 0.25) is 5.91 Å². The van der Waals surface area contributed by atoms with Crippen molar-refractivity contribution in [3.8, 4) is 5.75 Å². The molecule has 31 heavy (non-hydrogen) atoms. The van der Waals surface area contributed by atoms with Gasteiger partial charge in [0.1, 0.15) is 0 Å². The van der Waals surface area contributed by atoms with Gasteiger partial charge in [0, 0.05) is 29.2 Å². The van der Waals surface area contributed by atoms with Crippen molar-refractivity contribution in [3.05, 3.63) is 29.7 Å². The first-order valence-electron chi connectivity index (χ1n) is 10.6. The van der Waals surface area contributed by atoms with E-state index in [9.17, 15) is 18.3 Å². The molecule has 2 aliphatic heterocycles. The molecule has 4 aliphatic rings. The lowest BCUT2D eigenvalue weighted by Crippen LogP contribution is -2.68. The molecular weight excluding hydrogens is 423 g/mol. The summed E-state index contributed by atoms with van der Waals surface area (Å²) in [6.45, 7) is 3.94. The average Bonchev–Trinajstić information content (AvgIpc) is 3.04. The summed E-state index contributed by atoms with van der Waals surface area (Å²) in [6, 6.07) is 2.78. The molecule has 2 aromatic rings. The number of aromatic amines is 1. The molecule has 2 N–H and O–H groups in total. The Balaban J connectivity index is 1.49. The van der Waals surface area contributed by atoms with Crippen LogP contribution in [0.25, 0.3) is 10.9 Å². The van der Waals surface area contributed by atoms with Gasteiger partial charge in [-0.1, -0.05) is 6.92 Å². The number of H-pyrrole nitrogens is 1. The maximum atomic E-state index is 15.2. The predicted octanol–water partition coefficient (Wildman–Crippen LogP) is 3.04. The molecule has 4 bridgehead atoms. The number of nitrogens with one attached hydrogen (secondary N) is 1. The van der Waals surface area contributed by atoms with E-state index in [0.717, 1.165) is 25.5 Å². The average molecular weight is 451 g/mol. The fourth-order valence-corrected chi connectivity index (χ4v) is 7.03. The van der Waals surface area contributed by atoms with Crippen molar-refractivity contribution in [1.29, 1.82) is 0 Å². The lowest BCUT2D eigenvalue weighted by molar-refractivity contribution is -0.193. The molecule has 3 atom stereocenters. The summed E-state index contributed by atoms with van der Waals surface area (Å²) < 4.78 is 42.9. The van der Waals surface area contributed by atoms with E-state index in [1.807, 2.05) is 4.90 Å².